The fraction of sp³-hybridized carbons (Fsp3) is 0.667. The molecule has 2 rings (SSSR count). The van der Waals surface area contributed by atoms with Gasteiger partial charge in [0.25, 0.3) is 0 Å². The van der Waals surface area contributed by atoms with Gasteiger partial charge in [-0.1, -0.05) is 0 Å². The lowest BCUT2D eigenvalue weighted by molar-refractivity contribution is -0.136. The van der Waals surface area contributed by atoms with Crippen molar-refractivity contribution in [3.63, 3.8) is 0 Å². The normalized spacial score (nSPS) is 19.1. The maximum atomic E-state index is 11.7. The third-order valence-electron chi connectivity index (χ3n) is 2.94. The number of nitrogens with zero attached hydrogens (tertiary/aromatic N) is 1. The van der Waals surface area contributed by atoms with Crippen molar-refractivity contribution in [2.45, 2.75) is 32.4 Å². The highest BCUT2D eigenvalue weighted by Gasteiger charge is 2.33. The second kappa shape index (κ2) is 5.34. The number of aromatic nitrogens is 1. The molecule has 6 heteroatoms. The minimum absolute atomic E-state index is 0.0629. The maximum Gasteiger partial charge on any atom is 0.246 e. The largest absolute Gasteiger partial charge is 0.363 e. The van der Waals surface area contributed by atoms with Gasteiger partial charge in [0, 0.05) is 24.2 Å². The van der Waals surface area contributed by atoms with Crippen molar-refractivity contribution in [3.05, 3.63) is 16.1 Å². The minimum Gasteiger partial charge on any atom is -0.363 e. The van der Waals surface area contributed by atoms with E-state index in [1.807, 2.05) is 27.0 Å². The van der Waals surface area contributed by atoms with Crippen molar-refractivity contribution >= 4 is 17.2 Å². The van der Waals surface area contributed by atoms with Crippen LogP contribution in [-0.2, 0) is 9.53 Å². The van der Waals surface area contributed by atoms with Crippen LogP contribution in [0.3, 0.4) is 0 Å². The van der Waals surface area contributed by atoms with Gasteiger partial charge in [-0.2, -0.15) is 0 Å². The highest BCUT2D eigenvalue weighted by atomic mass is 32.1. The molecule has 1 amide bonds. The topological polar surface area (TPSA) is 63.2 Å². The average molecular weight is 269 g/mol. The molecule has 1 atom stereocenters. The predicted molar refractivity (Wildman–Crippen MR) is 70.6 cm³/mol. The zero-order chi connectivity index (χ0) is 13.2. The molecule has 2 N–H and O–H groups in total. The van der Waals surface area contributed by atoms with Crippen LogP contribution in [0.5, 0.6) is 0 Å². The van der Waals surface area contributed by atoms with E-state index in [1.165, 1.54) is 0 Å². The van der Waals surface area contributed by atoms with Crippen LogP contribution in [0, 0.1) is 6.92 Å². The zero-order valence-electron chi connectivity index (χ0n) is 10.9. The average Bonchev–Trinajstić information content (AvgIpc) is 2.70. The molecular formula is C12H19N3O2S. The number of aryl methyl sites for hydroxylation is 1. The fourth-order valence-corrected chi connectivity index (χ4v) is 2.51. The summed E-state index contributed by atoms with van der Waals surface area (Å²) in [5.41, 5.74) is -0.182. The first-order valence-corrected chi connectivity index (χ1v) is 6.86. The smallest absolute Gasteiger partial charge is 0.246 e. The summed E-state index contributed by atoms with van der Waals surface area (Å²) >= 11 is 1.60. The van der Waals surface area contributed by atoms with Gasteiger partial charge in [-0.3, -0.25) is 4.79 Å². The second-order valence-electron chi connectivity index (χ2n) is 4.94. The number of ether oxygens (including phenoxy) is 1. The Morgan fingerprint density at radius 1 is 1.72 bits per heavy atom. The predicted octanol–water partition coefficient (Wildman–Crippen LogP) is 1.01. The highest BCUT2D eigenvalue weighted by molar-refractivity contribution is 7.11. The molecule has 1 aliphatic rings. The molecule has 1 saturated heterocycles. The molecule has 0 radical (unpaired) electrons. The third-order valence-corrected chi connectivity index (χ3v) is 4.03. The quantitative estimate of drug-likeness (QED) is 0.837. The van der Waals surface area contributed by atoms with E-state index < -0.39 is 0 Å². The van der Waals surface area contributed by atoms with Gasteiger partial charge in [-0.05, 0) is 20.8 Å². The summed E-state index contributed by atoms with van der Waals surface area (Å²) in [5.74, 6) is -0.0940. The summed E-state index contributed by atoms with van der Waals surface area (Å²) < 4.78 is 5.58. The Morgan fingerprint density at radius 3 is 2.94 bits per heavy atom. The molecule has 1 aliphatic heterocycles. The van der Waals surface area contributed by atoms with Gasteiger partial charge >= 0.3 is 0 Å². The molecule has 2 heterocycles. The monoisotopic (exact) mass is 269 g/mol. The van der Waals surface area contributed by atoms with Gasteiger partial charge in [0.05, 0.1) is 11.6 Å². The minimum atomic E-state index is -0.182. The molecule has 1 unspecified atom stereocenters. The fourth-order valence-electron chi connectivity index (χ4n) is 1.74. The lowest BCUT2D eigenvalue weighted by Gasteiger charge is -2.38. The number of nitrogens with one attached hydrogen (secondary N) is 2. The Hall–Kier alpha value is -0.980. The summed E-state index contributed by atoms with van der Waals surface area (Å²) in [6, 6.07) is -0.0629. The van der Waals surface area contributed by atoms with Crippen LogP contribution in [0.1, 0.15) is 29.8 Å². The number of rotatable bonds is 5. The van der Waals surface area contributed by atoms with Crippen molar-refractivity contribution in [1.82, 2.24) is 15.6 Å². The number of carbonyl (C=O) groups excluding carboxylic acids is 1. The van der Waals surface area contributed by atoms with Gasteiger partial charge in [-0.25, -0.2) is 4.98 Å². The van der Waals surface area contributed by atoms with E-state index in [-0.39, 0.29) is 24.2 Å². The summed E-state index contributed by atoms with van der Waals surface area (Å²) in [4.78, 5) is 17.1. The first-order chi connectivity index (χ1) is 8.48. The van der Waals surface area contributed by atoms with E-state index in [0.717, 1.165) is 23.0 Å². The molecule has 0 bridgehead atoms. The van der Waals surface area contributed by atoms with Gasteiger partial charge < -0.3 is 15.4 Å². The van der Waals surface area contributed by atoms with Crippen LogP contribution < -0.4 is 10.6 Å². The zero-order valence-corrected chi connectivity index (χ0v) is 11.8. The summed E-state index contributed by atoms with van der Waals surface area (Å²) in [7, 11) is 0. The van der Waals surface area contributed by atoms with Crippen LogP contribution >= 0.6 is 11.3 Å². The Morgan fingerprint density at radius 2 is 2.44 bits per heavy atom. The van der Waals surface area contributed by atoms with Crippen molar-refractivity contribution in [2.75, 3.05) is 19.7 Å². The number of carbonyl (C=O) groups is 1. The lowest BCUT2D eigenvalue weighted by atomic mass is 10.0. The summed E-state index contributed by atoms with van der Waals surface area (Å²) in [5, 5.41) is 6.95. The Kier molecular flexibility index (Phi) is 3.99. The Balaban J connectivity index is 1.76. The van der Waals surface area contributed by atoms with E-state index in [1.54, 1.807) is 11.3 Å². The first kappa shape index (κ1) is 13.5. The summed E-state index contributed by atoms with van der Waals surface area (Å²) in [6.07, 6.45) is 1.82. The van der Waals surface area contributed by atoms with Crippen LogP contribution in [0.4, 0.5) is 0 Å². The first-order valence-electron chi connectivity index (χ1n) is 6.05. The van der Waals surface area contributed by atoms with Gasteiger partial charge in [0.15, 0.2) is 0 Å². The molecule has 100 valence electrons. The van der Waals surface area contributed by atoms with E-state index in [4.69, 9.17) is 4.74 Å². The molecular weight excluding hydrogens is 250 g/mol. The highest BCUT2D eigenvalue weighted by Crippen LogP contribution is 2.19. The van der Waals surface area contributed by atoms with Crippen molar-refractivity contribution in [2.24, 2.45) is 0 Å². The Bertz CT molecular complexity index is 429. The third kappa shape index (κ3) is 3.28. The molecule has 0 spiro atoms. The number of hydrogen-bond acceptors (Lipinski definition) is 5. The molecule has 1 fully saturated rings. The van der Waals surface area contributed by atoms with Crippen LogP contribution in [0.2, 0.25) is 0 Å². The van der Waals surface area contributed by atoms with Crippen molar-refractivity contribution in [1.29, 1.82) is 0 Å². The molecule has 0 aliphatic carbocycles. The van der Waals surface area contributed by atoms with Crippen molar-refractivity contribution < 1.29 is 9.53 Å². The molecule has 0 saturated carbocycles. The SMILES string of the molecule is Cc1cnc(C(C)NC(=O)COC2(C)CNC2)s1. The van der Waals surface area contributed by atoms with E-state index in [2.05, 4.69) is 15.6 Å². The van der Waals surface area contributed by atoms with Crippen LogP contribution in [0.25, 0.3) is 0 Å². The van der Waals surface area contributed by atoms with E-state index in [9.17, 15) is 4.79 Å². The van der Waals surface area contributed by atoms with Crippen LogP contribution in [-0.4, -0.2) is 36.2 Å². The standard InChI is InChI=1S/C12H19N3O2S/c1-8-4-14-11(18-8)9(2)15-10(16)5-17-12(3)6-13-7-12/h4,9,13H,5-7H2,1-3H3,(H,15,16). The van der Waals surface area contributed by atoms with Gasteiger partial charge in [-0.15, -0.1) is 11.3 Å². The summed E-state index contributed by atoms with van der Waals surface area (Å²) in [6.45, 7) is 7.66. The van der Waals surface area contributed by atoms with E-state index in [0.29, 0.717) is 0 Å². The molecule has 5 nitrogen and oxygen atoms in total. The number of hydrogen-bond donors (Lipinski definition) is 2. The lowest BCUT2D eigenvalue weighted by Crippen LogP contribution is -2.59. The number of thiazole rings is 1. The van der Waals surface area contributed by atoms with Crippen molar-refractivity contribution in [3.8, 4) is 0 Å². The second-order valence-corrected chi connectivity index (χ2v) is 6.21. The van der Waals surface area contributed by atoms with E-state index >= 15 is 0 Å². The molecule has 0 aromatic carbocycles. The number of amides is 1. The molecule has 18 heavy (non-hydrogen) atoms. The maximum absolute atomic E-state index is 11.7. The molecule has 1 aromatic heterocycles. The van der Waals surface area contributed by atoms with Crippen LogP contribution in [0.15, 0.2) is 6.20 Å². The van der Waals surface area contributed by atoms with Gasteiger partial charge in [0.1, 0.15) is 11.6 Å². The Labute approximate surface area is 111 Å². The van der Waals surface area contributed by atoms with Gasteiger partial charge in [0.2, 0.25) is 5.91 Å². The molecule has 1 aromatic rings.